The highest BCUT2D eigenvalue weighted by atomic mass is 16.5. The number of aryl methyl sites for hydroxylation is 1. The lowest BCUT2D eigenvalue weighted by Gasteiger charge is -2.25. The molecule has 2 amide bonds. The lowest BCUT2D eigenvalue weighted by Crippen LogP contribution is -2.35. The second-order valence-electron chi connectivity index (χ2n) is 6.44. The molecule has 1 aromatic carbocycles. The van der Waals surface area contributed by atoms with Gasteiger partial charge in [0.05, 0.1) is 13.4 Å². The molecular formula is C20H24N2O4. The Morgan fingerprint density at radius 2 is 2.08 bits per heavy atom. The van der Waals surface area contributed by atoms with E-state index in [0.29, 0.717) is 19.5 Å². The molecule has 0 saturated carbocycles. The maximum Gasteiger partial charge on any atom is 0.287 e. The van der Waals surface area contributed by atoms with Crippen LogP contribution in [0.5, 0.6) is 5.75 Å². The average Bonchev–Trinajstić information content (AvgIpc) is 3.19. The molecule has 1 atom stereocenters. The van der Waals surface area contributed by atoms with Gasteiger partial charge in [0.25, 0.3) is 5.91 Å². The van der Waals surface area contributed by atoms with E-state index in [2.05, 4.69) is 22.8 Å². The maximum absolute atomic E-state index is 12.3. The Bertz CT molecular complexity index is 755. The summed E-state index contributed by atoms with van der Waals surface area (Å²) in [6.45, 7) is 0.761. The third kappa shape index (κ3) is 4.45. The van der Waals surface area contributed by atoms with Crippen LogP contribution in [0.2, 0.25) is 0 Å². The van der Waals surface area contributed by atoms with Crippen LogP contribution in [0.15, 0.2) is 41.0 Å². The Balaban J connectivity index is 1.45. The fraction of sp³-hybridized carbons (Fsp3) is 0.400. The fourth-order valence-corrected chi connectivity index (χ4v) is 3.40. The number of carbonyl (C=O) groups excluding carboxylic acids is 2. The van der Waals surface area contributed by atoms with Gasteiger partial charge in [-0.3, -0.25) is 9.59 Å². The quantitative estimate of drug-likeness (QED) is 0.748. The molecule has 0 aliphatic heterocycles. The largest absolute Gasteiger partial charge is 0.497 e. The van der Waals surface area contributed by atoms with Crippen molar-refractivity contribution in [1.82, 2.24) is 10.6 Å². The van der Waals surface area contributed by atoms with Gasteiger partial charge in [0.1, 0.15) is 5.75 Å². The first-order valence-corrected chi connectivity index (χ1v) is 8.92. The van der Waals surface area contributed by atoms with Gasteiger partial charge in [-0.1, -0.05) is 6.07 Å². The molecule has 1 aliphatic rings. The van der Waals surface area contributed by atoms with E-state index in [1.165, 1.54) is 17.4 Å². The van der Waals surface area contributed by atoms with E-state index >= 15 is 0 Å². The van der Waals surface area contributed by atoms with E-state index in [-0.39, 0.29) is 23.5 Å². The van der Waals surface area contributed by atoms with Crippen LogP contribution in [-0.2, 0) is 11.2 Å². The third-order valence-corrected chi connectivity index (χ3v) is 4.70. The topological polar surface area (TPSA) is 80.6 Å². The number of amides is 2. The first kappa shape index (κ1) is 18.0. The van der Waals surface area contributed by atoms with Crippen LogP contribution in [0.1, 0.15) is 46.9 Å². The van der Waals surface area contributed by atoms with Gasteiger partial charge in [-0.2, -0.15) is 0 Å². The SMILES string of the molecule is COc1ccc2c(c1)CCCC2CC(=O)NCCNC(=O)c1ccco1. The maximum atomic E-state index is 12.3. The Morgan fingerprint density at radius 1 is 1.23 bits per heavy atom. The summed E-state index contributed by atoms with van der Waals surface area (Å²) in [5.74, 6) is 1.10. The van der Waals surface area contributed by atoms with Crippen LogP contribution in [-0.4, -0.2) is 32.0 Å². The summed E-state index contributed by atoms with van der Waals surface area (Å²) in [7, 11) is 1.67. The lowest BCUT2D eigenvalue weighted by atomic mass is 9.81. The smallest absolute Gasteiger partial charge is 0.287 e. The Labute approximate surface area is 152 Å². The van der Waals surface area contributed by atoms with E-state index < -0.39 is 0 Å². The highest BCUT2D eigenvalue weighted by Gasteiger charge is 2.23. The summed E-state index contributed by atoms with van der Waals surface area (Å²) < 4.78 is 10.3. The van der Waals surface area contributed by atoms with Crippen LogP contribution in [0.25, 0.3) is 0 Å². The van der Waals surface area contributed by atoms with Crippen molar-refractivity contribution in [3.05, 3.63) is 53.5 Å². The predicted octanol–water partition coefficient (Wildman–Crippen LogP) is 2.64. The van der Waals surface area contributed by atoms with Gasteiger partial charge in [0.15, 0.2) is 5.76 Å². The molecule has 1 unspecified atom stereocenters. The predicted molar refractivity (Wildman–Crippen MR) is 97.3 cm³/mol. The lowest BCUT2D eigenvalue weighted by molar-refractivity contribution is -0.121. The number of hydrogen-bond acceptors (Lipinski definition) is 4. The number of benzene rings is 1. The highest BCUT2D eigenvalue weighted by molar-refractivity contribution is 5.91. The number of carbonyl (C=O) groups is 2. The molecule has 2 N–H and O–H groups in total. The molecule has 1 aliphatic carbocycles. The molecule has 0 saturated heterocycles. The van der Waals surface area contributed by atoms with Crippen LogP contribution in [0.3, 0.4) is 0 Å². The van der Waals surface area contributed by atoms with Crippen LogP contribution >= 0.6 is 0 Å². The molecule has 1 heterocycles. The Hall–Kier alpha value is -2.76. The Kier molecular flexibility index (Phi) is 5.94. The summed E-state index contributed by atoms with van der Waals surface area (Å²) in [6, 6.07) is 9.37. The molecular weight excluding hydrogens is 332 g/mol. The van der Waals surface area contributed by atoms with Crippen molar-refractivity contribution in [2.75, 3.05) is 20.2 Å². The van der Waals surface area contributed by atoms with Crippen molar-refractivity contribution >= 4 is 11.8 Å². The summed E-state index contributed by atoms with van der Waals surface area (Å²) >= 11 is 0. The summed E-state index contributed by atoms with van der Waals surface area (Å²) in [6.07, 6.45) is 5.04. The number of methoxy groups -OCH3 is 1. The summed E-state index contributed by atoms with van der Waals surface area (Å²) in [4.78, 5) is 24.0. The highest BCUT2D eigenvalue weighted by Crippen LogP contribution is 2.35. The van der Waals surface area contributed by atoms with Gasteiger partial charge in [-0.05, 0) is 60.6 Å². The van der Waals surface area contributed by atoms with Crippen LogP contribution in [0, 0.1) is 0 Å². The normalized spacial score (nSPS) is 15.8. The number of rotatable bonds is 7. The van der Waals surface area contributed by atoms with Crippen LogP contribution < -0.4 is 15.4 Å². The summed E-state index contributed by atoms with van der Waals surface area (Å²) in [5, 5.41) is 5.59. The molecule has 0 fully saturated rings. The zero-order chi connectivity index (χ0) is 18.4. The van der Waals surface area contributed by atoms with Crippen LogP contribution in [0.4, 0.5) is 0 Å². The molecule has 6 heteroatoms. The second-order valence-corrected chi connectivity index (χ2v) is 6.44. The molecule has 0 bridgehead atoms. The van der Waals surface area contributed by atoms with Crippen molar-refractivity contribution in [2.45, 2.75) is 31.6 Å². The molecule has 6 nitrogen and oxygen atoms in total. The van der Waals surface area contributed by atoms with Crippen molar-refractivity contribution < 1.29 is 18.7 Å². The molecule has 0 radical (unpaired) electrons. The minimum Gasteiger partial charge on any atom is -0.497 e. The van der Waals surface area contributed by atoms with Crippen molar-refractivity contribution in [3.63, 3.8) is 0 Å². The number of fused-ring (bicyclic) bond motifs is 1. The van der Waals surface area contributed by atoms with Gasteiger partial charge in [-0.25, -0.2) is 0 Å². The first-order valence-electron chi connectivity index (χ1n) is 8.92. The van der Waals surface area contributed by atoms with Crippen molar-refractivity contribution in [1.29, 1.82) is 0 Å². The standard InChI is InChI=1S/C20H24N2O4/c1-25-16-7-8-17-14(12-16)4-2-5-15(17)13-19(23)21-9-10-22-20(24)18-6-3-11-26-18/h3,6-8,11-12,15H,2,4-5,9-10,13H2,1H3,(H,21,23)(H,22,24). The zero-order valence-corrected chi connectivity index (χ0v) is 14.9. The third-order valence-electron chi connectivity index (χ3n) is 4.70. The molecule has 26 heavy (non-hydrogen) atoms. The van der Waals surface area contributed by atoms with Gasteiger partial charge in [-0.15, -0.1) is 0 Å². The van der Waals surface area contributed by atoms with Crippen molar-refractivity contribution in [3.8, 4) is 5.75 Å². The Morgan fingerprint density at radius 3 is 2.85 bits per heavy atom. The number of hydrogen-bond donors (Lipinski definition) is 2. The van der Waals surface area contributed by atoms with Gasteiger partial charge in [0.2, 0.25) is 5.91 Å². The molecule has 0 spiro atoms. The van der Waals surface area contributed by atoms with Gasteiger partial charge >= 0.3 is 0 Å². The van der Waals surface area contributed by atoms with Gasteiger partial charge < -0.3 is 19.8 Å². The molecule has 1 aromatic heterocycles. The molecule has 2 aromatic rings. The molecule has 138 valence electrons. The van der Waals surface area contributed by atoms with Gasteiger partial charge in [0, 0.05) is 19.5 Å². The van der Waals surface area contributed by atoms with E-state index in [0.717, 1.165) is 25.0 Å². The molecule has 3 rings (SSSR count). The van der Waals surface area contributed by atoms with Crippen molar-refractivity contribution in [2.24, 2.45) is 0 Å². The number of nitrogens with one attached hydrogen (secondary N) is 2. The van der Waals surface area contributed by atoms with E-state index in [4.69, 9.17) is 9.15 Å². The van der Waals surface area contributed by atoms with E-state index in [1.807, 2.05) is 6.07 Å². The van der Waals surface area contributed by atoms with E-state index in [9.17, 15) is 9.59 Å². The average molecular weight is 356 g/mol. The number of furan rings is 1. The summed E-state index contributed by atoms with van der Waals surface area (Å²) in [5.41, 5.74) is 2.53. The minimum absolute atomic E-state index is 0.00548. The number of ether oxygens (including phenoxy) is 1. The van der Waals surface area contributed by atoms with E-state index in [1.54, 1.807) is 19.2 Å². The fourth-order valence-electron chi connectivity index (χ4n) is 3.40. The first-order chi connectivity index (χ1) is 12.7. The monoisotopic (exact) mass is 356 g/mol. The minimum atomic E-state index is -0.278. The second kappa shape index (κ2) is 8.56. The zero-order valence-electron chi connectivity index (χ0n) is 14.9.